The Bertz CT molecular complexity index is 422. The van der Waals surface area contributed by atoms with Crippen molar-refractivity contribution in [3.63, 3.8) is 0 Å². The summed E-state index contributed by atoms with van der Waals surface area (Å²) in [7, 11) is 1.79. The van der Waals surface area contributed by atoms with Crippen LogP contribution >= 0.6 is 0 Å². The standard InChI is InChI=1S/C20H33NO2/c1-4-5-6-7-8-9-10-18-12-11-17(14-20(18)23-3)13-19(15-21)16(2)22/h13,17-18,20H,4-12,14H2,1-3H3. The molecule has 1 fully saturated rings. The molecule has 130 valence electrons. The number of nitrogens with zero attached hydrogens (tertiary/aromatic N) is 1. The Balaban J connectivity index is 2.41. The number of rotatable bonds is 10. The van der Waals surface area contributed by atoms with Crippen LogP contribution in [0.4, 0.5) is 0 Å². The van der Waals surface area contributed by atoms with E-state index in [1.54, 1.807) is 7.11 Å². The van der Waals surface area contributed by atoms with Crippen LogP contribution in [0.15, 0.2) is 11.6 Å². The highest BCUT2D eigenvalue weighted by atomic mass is 16.5. The van der Waals surface area contributed by atoms with Crippen molar-refractivity contribution in [3.8, 4) is 6.07 Å². The Morgan fingerprint density at radius 1 is 1.22 bits per heavy atom. The maximum absolute atomic E-state index is 11.4. The molecular weight excluding hydrogens is 286 g/mol. The van der Waals surface area contributed by atoms with Crippen LogP contribution in [0, 0.1) is 23.2 Å². The quantitative estimate of drug-likeness (QED) is 0.315. The molecule has 3 nitrogen and oxygen atoms in total. The molecule has 3 heteroatoms. The number of hydrogen-bond donors (Lipinski definition) is 0. The largest absolute Gasteiger partial charge is 0.381 e. The summed E-state index contributed by atoms with van der Waals surface area (Å²) < 4.78 is 5.71. The second kappa shape index (κ2) is 11.4. The van der Waals surface area contributed by atoms with Crippen molar-refractivity contribution in [1.29, 1.82) is 5.26 Å². The molecule has 0 aromatic carbocycles. The summed E-state index contributed by atoms with van der Waals surface area (Å²) in [5.74, 6) is 0.814. The van der Waals surface area contributed by atoms with Crippen molar-refractivity contribution in [3.05, 3.63) is 11.6 Å². The van der Waals surface area contributed by atoms with Crippen LogP contribution in [0.25, 0.3) is 0 Å². The molecule has 1 aliphatic rings. The van der Waals surface area contributed by atoms with Crippen molar-refractivity contribution in [2.24, 2.45) is 11.8 Å². The van der Waals surface area contributed by atoms with E-state index < -0.39 is 0 Å². The summed E-state index contributed by atoms with van der Waals surface area (Å²) >= 11 is 0. The molecule has 0 aromatic heterocycles. The molecule has 0 N–H and O–H groups in total. The van der Waals surface area contributed by atoms with Crippen LogP contribution in [0.5, 0.6) is 0 Å². The zero-order valence-corrected chi connectivity index (χ0v) is 15.1. The summed E-state index contributed by atoms with van der Waals surface area (Å²) in [4.78, 5) is 11.4. The zero-order valence-electron chi connectivity index (χ0n) is 15.1. The molecule has 1 aliphatic carbocycles. The molecular formula is C20H33NO2. The lowest BCUT2D eigenvalue weighted by Crippen LogP contribution is -2.30. The number of carbonyl (C=O) groups is 1. The van der Waals surface area contributed by atoms with Gasteiger partial charge in [0.05, 0.1) is 11.7 Å². The number of carbonyl (C=O) groups excluding carboxylic acids is 1. The van der Waals surface area contributed by atoms with Crippen molar-refractivity contribution in [2.45, 2.75) is 84.2 Å². The average Bonchev–Trinajstić information content (AvgIpc) is 2.56. The summed E-state index contributed by atoms with van der Waals surface area (Å²) in [6, 6.07) is 2.02. The number of unbranched alkanes of at least 4 members (excludes halogenated alkanes) is 5. The number of ether oxygens (including phenoxy) is 1. The van der Waals surface area contributed by atoms with Gasteiger partial charge in [0.15, 0.2) is 5.78 Å². The molecule has 0 bridgehead atoms. The molecule has 0 aromatic rings. The van der Waals surface area contributed by atoms with Gasteiger partial charge in [-0.2, -0.15) is 5.26 Å². The highest BCUT2D eigenvalue weighted by Gasteiger charge is 2.29. The third kappa shape index (κ3) is 7.31. The average molecular weight is 319 g/mol. The van der Waals surface area contributed by atoms with Gasteiger partial charge in [0.2, 0.25) is 0 Å². The van der Waals surface area contributed by atoms with E-state index in [1.165, 1.54) is 51.9 Å². The zero-order chi connectivity index (χ0) is 17.1. The van der Waals surface area contributed by atoms with Gasteiger partial charge in [0, 0.05) is 7.11 Å². The molecule has 3 atom stereocenters. The van der Waals surface area contributed by atoms with Gasteiger partial charge in [-0.3, -0.25) is 4.79 Å². The lowest BCUT2D eigenvalue weighted by Gasteiger charge is -2.34. The Morgan fingerprint density at radius 2 is 1.91 bits per heavy atom. The molecule has 0 saturated heterocycles. The smallest absolute Gasteiger partial charge is 0.169 e. The third-order valence-corrected chi connectivity index (χ3v) is 5.10. The van der Waals surface area contributed by atoms with Crippen LogP contribution in [-0.2, 0) is 9.53 Å². The highest BCUT2D eigenvalue weighted by molar-refractivity contribution is 5.97. The van der Waals surface area contributed by atoms with E-state index in [4.69, 9.17) is 10.00 Å². The lowest BCUT2D eigenvalue weighted by atomic mass is 9.77. The van der Waals surface area contributed by atoms with Gasteiger partial charge < -0.3 is 4.74 Å². The molecule has 0 aliphatic heterocycles. The summed E-state index contributed by atoms with van der Waals surface area (Å²) in [6.07, 6.45) is 14.5. The second-order valence-corrected chi connectivity index (χ2v) is 6.91. The first-order chi connectivity index (χ1) is 11.1. The number of hydrogen-bond acceptors (Lipinski definition) is 3. The molecule has 23 heavy (non-hydrogen) atoms. The van der Waals surface area contributed by atoms with E-state index in [-0.39, 0.29) is 11.9 Å². The Morgan fingerprint density at radius 3 is 2.52 bits per heavy atom. The first kappa shape index (κ1) is 19.9. The van der Waals surface area contributed by atoms with E-state index in [2.05, 4.69) is 6.92 Å². The second-order valence-electron chi connectivity index (χ2n) is 6.91. The summed E-state index contributed by atoms with van der Waals surface area (Å²) in [5, 5.41) is 9.04. The van der Waals surface area contributed by atoms with Gasteiger partial charge in [-0.15, -0.1) is 0 Å². The molecule has 0 amide bonds. The van der Waals surface area contributed by atoms with Gasteiger partial charge in [-0.05, 0) is 44.4 Å². The van der Waals surface area contributed by atoms with Crippen molar-refractivity contribution in [1.82, 2.24) is 0 Å². The van der Waals surface area contributed by atoms with Crippen LogP contribution in [-0.4, -0.2) is 19.0 Å². The molecule has 0 spiro atoms. The number of ketones is 1. The van der Waals surface area contributed by atoms with E-state index in [1.807, 2.05) is 12.1 Å². The fraction of sp³-hybridized carbons (Fsp3) is 0.800. The van der Waals surface area contributed by atoms with Crippen molar-refractivity contribution in [2.75, 3.05) is 7.11 Å². The van der Waals surface area contributed by atoms with Crippen molar-refractivity contribution >= 4 is 5.78 Å². The third-order valence-electron chi connectivity index (χ3n) is 5.10. The topological polar surface area (TPSA) is 50.1 Å². The van der Waals surface area contributed by atoms with Crippen LogP contribution in [0.1, 0.15) is 78.1 Å². The van der Waals surface area contributed by atoms with E-state index in [9.17, 15) is 4.79 Å². The fourth-order valence-corrected chi connectivity index (χ4v) is 3.65. The first-order valence-electron chi connectivity index (χ1n) is 9.28. The van der Waals surface area contributed by atoms with Gasteiger partial charge >= 0.3 is 0 Å². The van der Waals surface area contributed by atoms with Gasteiger partial charge in [0.1, 0.15) is 6.07 Å². The van der Waals surface area contributed by atoms with E-state index in [0.717, 1.165) is 19.3 Å². The Labute approximate surface area is 142 Å². The molecule has 0 radical (unpaired) electrons. The first-order valence-corrected chi connectivity index (χ1v) is 9.28. The molecule has 0 heterocycles. The van der Waals surface area contributed by atoms with Crippen LogP contribution in [0.2, 0.25) is 0 Å². The normalized spacial score (nSPS) is 25.1. The number of nitriles is 1. The maximum atomic E-state index is 11.4. The predicted molar refractivity (Wildman–Crippen MR) is 94.0 cm³/mol. The summed E-state index contributed by atoms with van der Waals surface area (Å²) in [6.45, 7) is 3.72. The Hall–Kier alpha value is -1.14. The minimum absolute atomic E-state index is 0.129. The van der Waals surface area contributed by atoms with Gasteiger partial charge in [-0.25, -0.2) is 0 Å². The minimum Gasteiger partial charge on any atom is -0.381 e. The predicted octanol–water partition coefficient (Wildman–Crippen LogP) is 5.21. The Kier molecular flexibility index (Phi) is 9.87. The maximum Gasteiger partial charge on any atom is 0.169 e. The van der Waals surface area contributed by atoms with Crippen LogP contribution < -0.4 is 0 Å². The molecule has 1 rings (SSSR count). The summed E-state index contributed by atoms with van der Waals surface area (Å²) in [5.41, 5.74) is 0.305. The minimum atomic E-state index is -0.129. The fourth-order valence-electron chi connectivity index (χ4n) is 3.65. The van der Waals surface area contributed by atoms with Gasteiger partial charge in [-0.1, -0.05) is 51.5 Å². The lowest BCUT2D eigenvalue weighted by molar-refractivity contribution is -0.113. The molecule has 1 saturated carbocycles. The van der Waals surface area contributed by atoms with E-state index in [0.29, 0.717) is 17.4 Å². The van der Waals surface area contributed by atoms with E-state index >= 15 is 0 Å². The monoisotopic (exact) mass is 319 g/mol. The SMILES string of the molecule is CCCCCCCCC1CCC(C=C(C#N)C(C)=O)CC1OC. The van der Waals surface area contributed by atoms with Gasteiger partial charge in [0.25, 0.3) is 0 Å². The highest BCUT2D eigenvalue weighted by Crippen LogP contribution is 2.35. The van der Waals surface area contributed by atoms with Crippen LogP contribution in [0.3, 0.4) is 0 Å². The number of allylic oxidation sites excluding steroid dienone is 2. The number of Topliss-reactive ketones (excluding diaryl/α,β-unsaturated/α-hetero) is 1. The number of methoxy groups -OCH3 is 1. The molecule has 3 unspecified atom stereocenters. The van der Waals surface area contributed by atoms with Crippen molar-refractivity contribution < 1.29 is 9.53 Å².